The molecule has 20 heavy (non-hydrogen) atoms. The van der Waals surface area contributed by atoms with Gasteiger partial charge in [-0.15, -0.1) is 6.58 Å². The van der Waals surface area contributed by atoms with Gasteiger partial charge in [0.05, 0.1) is 17.5 Å². The summed E-state index contributed by atoms with van der Waals surface area (Å²) in [4.78, 5) is 12.1. The van der Waals surface area contributed by atoms with Gasteiger partial charge in [-0.05, 0) is 25.0 Å². The average Bonchev–Trinajstić information content (AvgIpc) is 2.42. The molecule has 0 aliphatic rings. The molecule has 2 rings (SSSR count). The number of fused-ring (bicyclic) bond motifs is 1. The lowest BCUT2D eigenvalue weighted by atomic mass is 10.2. The first-order valence-corrected chi connectivity index (χ1v) is 6.15. The van der Waals surface area contributed by atoms with Gasteiger partial charge in [-0.25, -0.2) is 14.4 Å². The lowest BCUT2D eigenvalue weighted by Gasteiger charge is -2.06. The second-order valence-corrected chi connectivity index (χ2v) is 4.20. The standard InChI is InChI=1S/C14H15FN4O/c1-2-3-5-9(8-20)17-13-12-10(15)6-4-7-11(12)18-14(16)19-13/h2,4,6-7,20H,1,3,5,8H2,(H2,16,18,19). The van der Waals surface area contributed by atoms with Crippen LogP contribution in [-0.2, 0) is 0 Å². The summed E-state index contributed by atoms with van der Waals surface area (Å²) in [5.41, 5.74) is 6.48. The van der Waals surface area contributed by atoms with Gasteiger partial charge in [-0.2, -0.15) is 4.98 Å². The number of hydrogen-bond acceptors (Lipinski definition) is 5. The SMILES string of the molecule is C=CCCC(CO)=Nc1nc(N)nc2cccc(F)c12. The molecule has 5 nitrogen and oxygen atoms in total. The highest BCUT2D eigenvalue weighted by Gasteiger charge is 2.11. The number of aliphatic hydroxyl groups excluding tert-OH is 1. The zero-order chi connectivity index (χ0) is 14.5. The Bertz CT molecular complexity index is 670. The van der Waals surface area contributed by atoms with Crippen LogP contribution >= 0.6 is 0 Å². The Labute approximate surface area is 115 Å². The van der Waals surface area contributed by atoms with Crippen LogP contribution in [0.25, 0.3) is 10.9 Å². The Kier molecular flexibility index (Phi) is 4.37. The van der Waals surface area contributed by atoms with E-state index in [2.05, 4.69) is 21.5 Å². The van der Waals surface area contributed by atoms with Gasteiger partial charge in [0.15, 0.2) is 5.82 Å². The summed E-state index contributed by atoms with van der Waals surface area (Å²) in [6, 6.07) is 4.49. The largest absolute Gasteiger partial charge is 0.390 e. The summed E-state index contributed by atoms with van der Waals surface area (Å²) in [5, 5.41) is 9.49. The van der Waals surface area contributed by atoms with E-state index >= 15 is 0 Å². The zero-order valence-electron chi connectivity index (χ0n) is 10.9. The number of nitrogen functional groups attached to an aromatic ring is 1. The van der Waals surface area contributed by atoms with E-state index in [4.69, 9.17) is 5.73 Å². The number of aliphatic imine (C=N–C) groups is 1. The van der Waals surface area contributed by atoms with Crippen molar-refractivity contribution in [1.29, 1.82) is 0 Å². The highest BCUT2D eigenvalue weighted by Crippen LogP contribution is 2.26. The van der Waals surface area contributed by atoms with Gasteiger partial charge in [0.25, 0.3) is 0 Å². The van der Waals surface area contributed by atoms with Crippen molar-refractivity contribution in [2.24, 2.45) is 4.99 Å². The van der Waals surface area contributed by atoms with Crippen molar-refractivity contribution in [3.8, 4) is 0 Å². The third-order valence-corrected chi connectivity index (χ3v) is 2.75. The van der Waals surface area contributed by atoms with Gasteiger partial charge in [0.2, 0.25) is 5.95 Å². The molecule has 2 aromatic rings. The van der Waals surface area contributed by atoms with Crippen LogP contribution in [0.3, 0.4) is 0 Å². The van der Waals surface area contributed by atoms with E-state index in [1.165, 1.54) is 6.07 Å². The van der Waals surface area contributed by atoms with E-state index in [-0.39, 0.29) is 23.8 Å². The predicted octanol–water partition coefficient (Wildman–Crippen LogP) is 2.38. The molecule has 1 aromatic carbocycles. The van der Waals surface area contributed by atoms with Crippen molar-refractivity contribution in [1.82, 2.24) is 9.97 Å². The number of nitrogens with zero attached hydrogens (tertiary/aromatic N) is 3. The molecular weight excluding hydrogens is 259 g/mol. The predicted molar refractivity (Wildman–Crippen MR) is 77.5 cm³/mol. The molecule has 0 spiro atoms. The molecule has 0 saturated carbocycles. The van der Waals surface area contributed by atoms with Gasteiger partial charge in [-0.1, -0.05) is 12.1 Å². The number of hydrogen-bond donors (Lipinski definition) is 2. The number of rotatable bonds is 5. The van der Waals surface area contributed by atoms with Crippen molar-refractivity contribution in [2.75, 3.05) is 12.3 Å². The molecular formula is C14H15FN4O. The molecule has 0 aliphatic carbocycles. The first-order chi connectivity index (χ1) is 9.65. The highest BCUT2D eigenvalue weighted by molar-refractivity contribution is 5.94. The highest BCUT2D eigenvalue weighted by atomic mass is 19.1. The van der Waals surface area contributed by atoms with Gasteiger partial charge in [-0.3, -0.25) is 0 Å². The summed E-state index contributed by atoms with van der Waals surface area (Å²) >= 11 is 0. The fourth-order valence-electron chi connectivity index (χ4n) is 1.81. The van der Waals surface area contributed by atoms with Crippen LogP contribution < -0.4 is 5.73 Å². The van der Waals surface area contributed by atoms with Crippen LogP contribution in [-0.4, -0.2) is 27.4 Å². The van der Waals surface area contributed by atoms with Crippen molar-refractivity contribution < 1.29 is 9.50 Å². The topological polar surface area (TPSA) is 84.4 Å². The quantitative estimate of drug-likeness (QED) is 0.647. The zero-order valence-corrected chi connectivity index (χ0v) is 10.9. The minimum Gasteiger partial charge on any atom is -0.390 e. The normalized spacial score (nSPS) is 11.8. The fraction of sp³-hybridized carbons (Fsp3) is 0.214. The third-order valence-electron chi connectivity index (χ3n) is 2.75. The number of halogens is 1. The Balaban J connectivity index is 2.57. The Morgan fingerprint density at radius 3 is 2.95 bits per heavy atom. The van der Waals surface area contributed by atoms with Crippen molar-refractivity contribution in [3.05, 3.63) is 36.7 Å². The molecule has 3 N–H and O–H groups in total. The van der Waals surface area contributed by atoms with Crippen LogP contribution in [0.1, 0.15) is 12.8 Å². The Morgan fingerprint density at radius 1 is 1.45 bits per heavy atom. The molecule has 0 aliphatic heterocycles. The molecule has 1 aromatic heterocycles. The maximum Gasteiger partial charge on any atom is 0.222 e. The van der Waals surface area contributed by atoms with E-state index in [1.807, 2.05) is 0 Å². The molecule has 0 atom stereocenters. The van der Waals surface area contributed by atoms with E-state index in [9.17, 15) is 9.50 Å². The fourth-order valence-corrected chi connectivity index (χ4v) is 1.81. The van der Waals surface area contributed by atoms with E-state index < -0.39 is 5.82 Å². The average molecular weight is 274 g/mol. The lowest BCUT2D eigenvalue weighted by molar-refractivity contribution is 0.355. The molecule has 0 unspecified atom stereocenters. The minimum atomic E-state index is -0.470. The van der Waals surface area contributed by atoms with E-state index in [0.717, 1.165) is 0 Å². The van der Waals surface area contributed by atoms with Crippen LogP contribution in [0.2, 0.25) is 0 Å². The molecule has 104 valence electrons. The van der Waals surface area contributed by atoms with Crippen molar-refractivity contribution in [3.63, 3.8) is 0 Å². The Morgan fingerprint density at radius 2 is 2.25 bits per heavy atom. The number of benzene rings is 1. The van der Waals surface area contributed by atoms with Crippen LogP contribution in [0.4, 0.5) is 16.2 Å². The third kappa shape index (κ3) is 2.97. The van der Waals surface area contributed by atoms with E-state index in [1.54, 1.807) is 18.2 Å². The van der Waals surface area contributed by atoms with Gasteiger partial charge >= 0.3 is 0 Å². The molecule has 0 bridgehead atoms. The molecule has 1 heterocycles. The second-order valence-electron chi connectivity index (χ2n) is 4.20. The summed E-state index contributed by atoms with van der Waals surface area (Å²) < 4.78 is 13.9. The first-order valence-electron chi connectivity index (χ1n) is 6.15. The monoisotopic (exact) mass is 274 g/mol. The van der Waals surface area contributed by atoms with Crippen molar-refractivity contribution in [2.45, 2.75) is 12.8 Å². The number of nitrogens with two attached hydrogens (primary N) is 1. The number of anilines is 1. The second kappa shape index (κ2) is 6.21. The molecule has 6 heteroatoms. The van der Waals surface area contributed by atoms with Crippen LogP contribution in [0.15, 0.2) is 35.8 Å². The maximum atomic E-state index is 13.9. The maximum absolute atomic E-state index is 13.9. The van der Waals surface area contributed by atoms with Gasteiger partial charge < -0.3 is 10.8 Å². The smallest absolute Gasteiger partial charge is 0.222 e. The minimum absolute atomic E-state index is 0.0165. The summed E-state index contributed by atoms with van der Waals surface area (Å²) in [6.07, 6.45) is 2.92. The summed E-state index contributed by atoms with van der Waals surface area (Å²) in [5.74, 6) is -0.316. The van der Waals surface area contributed by atoms with Gasteiger partial charge in [0.1, 0.15) is 5.82 Å². The summed E-state index contributed by atoms with van der Waals surface area (Å²) in [6.45, 7) is 3.38. The first kappa shape index (κ1) is 14.1. The molecule has 0 amide bonds. The van der Waals surface area contributed by atoms with Crippen molar-refractivity contribution >= 4 is 28.4 Å². The van der Waals surface area contributed by atoms with Gasteiger partial charge in [0, 0.05) is 5.71 Å². The molecule has 0 saturated heterocycles. The lowest BCUT2D eigenvalue weighted by Crippen LogP contribution is -2.04. The van der Waals surface area contributed by atoms with Crippen LogP contribution in [0, 0.1) is 5.82 Å². The number of allylic oxidation sites excluding steroid dienone is 1. The summed E-state index contributed by atoms with van der Waals surface area (Å²) in [7, 11) is 0. The number of aliphatic hydroxyl groups is 1. The van der Waals surface area contributed by atoms with Crippen LogP contribution in [0.5, 0.6) is 0 Å². The molecule has 0 fully saturated rings. The van der Waals surface area contributed by atoms with E-state index in [0.29, 0.717) is 24.1 Å². The number of aromatic nitrogens is 2. The Hall–Kier alpha value is -2.34. The molecule has 0 radical (unpaired) electrons.